The average Bonchev–Trinajstić information content (AvgIpc) is 3.25. The lowest BCUT2D eigenvalue weighted by Crippen LogP contribution is -2.37. The first-order chi connectivity index (χ1) is 31.1. The molecule has 0 aliphatic rings. The van der Waals surface area contributed by atoms with E-state index in [2.05, 4.69) is 86.8 Å². The number of nitrogens with zero attached hydrogens (tertiary/aromatic N) is 1. The van der Waals surface area contributed by atoms with Gasteiger partial charge >= 0.3 is 13.8 Å². The first-order valence-electron chi connectivity index (χ1n) is 26.2. The molecule has 0 fully saturated rings. The van der Waals surface area contributed by atoms with Gasteiger partial charge in [-0.2, -0.15) is 0 Å². The Labute approximate surface area is 395 Å². The number of carbonyl (C=O) groups excluding carboxylic acids is 1. The van der Waals surface area contributed by atoms with E-state index in [0.717, 1.165) is 70.6 Å². The molecule has 0 aliphatic heterocycles. The van der Waals surface area contributed by atoms with Gasteiger partial charge in [-0.25, -0.2) is 4.57 Å². The van der Waals surface area contributed by atoms with Crippen LogP contribution in [0.15, 0.2) is 72.9 Å². The van der Waals surface area contributed by atoms with Crippen LogP contribution in [0.1, 0.15) is 213 Å². The van der Waals surface area contributed by atoms with Crippen molar-refractivity contribution in [1.82, 2.24) is 0 Å². The van der Waals surface area contributed by atoms with Gasteiger partial charge in [0.15, 0.2) is 0 Å². The molecule has 0 radical (unpaired) electrons. The summed E-state index contributed by atoms with van der Waals surface area (Å²) in [5, 5.41) is 0. The van der Waals surface area contributed by atoms with Gasteiger partial charge in [0.25, 0.3) is 0 Å². The topological polar surface area (TPSA) is 91.3 Å². The van der Waals surface area contributed by atoms with Crippen LogP contribution < -0.4 is 0 Å². The molecular weight excluding hydrogens is 818 g/mol. The summed E-state index contributed by atoms with van der Waals surface area (Å²) in [6.07, 6.45) is 62.3. The maximum atomic E-state index is 12.8. The average molecular weight is 919 g/mol. The van der Waals surface area contributed by atoms with Crippen molar-refractivity contribution in [2.24, 2.45) is 0 Å². The minimum absolute atomic E-state index is 0.0834. The Hall–Kier alpha value is -2.06. The number of phosphoric acid groups is 1. The molecule has 2 atom stereocenters. The fourth-order valence-electron chi connectivity index (χ4n) is 6.99. The van der Waals surface area contributed by atoms with Gasteiger partial charge in [0.1, 0.15) is 19.3 Å². The van der Waals surface area contributed by atoms with Gasteiger partial charge in [0.2, 0.25) is 0 Å². The van der Waals surface area contributed by atoms with Crippen LogP contribution in [0.2, 0.25) is 0 Å². The first-order valence-corrected chi connectivity index (χ1v) is 27.7. The molecule has 0 aromatic heterocycles. The van der Waals surface area contributed by atoms with Crippen LogP contribution in [0.25, 0.3) is 0 Å². The predicted octanol–water partition coefficient (Wildman–Crippen LogP) is 16.2. The van der Waals surface area contributed by atoms with Gasteiger partial charge in [-0.15, -0.1) is 0 Å². The van der Waals surface area contributed by atoms with Crippen molar-refractivity contribution >= 4 is 13.8 Å². The van der Waals surface area contributed by atoms with Gasteiger partial charge in [-0.1, -0.05) is 196 Å². The largest absolute Gasteiger partial charge is 0.472 e. The smallest absolute Gasteiger partial charge is 0.457 e. The van der Waals surface area contributed by atoms with Crippen molar-refractivity contribution in [3.63, 3.8) is 0 Å². The molecular formula is C55H101NO7P+. The lowest BCUT2D eigenvalue weighted by molar-refractivity contribution is -0.870. The highest BCUT2D eigenvalue weighted by molar-refractivity contribution is 7.47. The van der Waals surface area contributed by atoms with Crippen LogP contribution in [0, 0.1) is 0 Å². The Bertz CT molecular complexity index is 1250. The normalized spacial score (nSPS) is 14.2. The van der Waals surface area contributed by atoms with E-state index < -0.39 is 13.9 Å². The quantitative estimate of drug-likeness (QED) is 0.0214. The molecule has 0 heterocycles. The number of quaternary nitrogens is 1. The lowest BCUT2D eigenvalue weighted by atomic mass is 10.1. The van der Waals surface area contributed by atoms with Gasteiger partial charge in [-0.3, -0.25) is 13.8 Å². The van der Waals surface area contributed by atoms with Gasteiger partial charge in [0, 0.05) is 13.0 Å². The summed E-state index contributed by atoms with van der Waals surface area (Å²) in [5.74, 6) is -0.323. The number of rotatable bonds is 48. The van der Waals surface area contributed by atoms with Crippen LogP contribution in [-0.4, -0.2) is 75.6 Å². The molecule has 0 rings (SSSR count). The third-order valence-corrected chi connectivity index (χ3v) is 12.0. The van der Waals surface area contributed by atoms with Crippen molar-refractivity contribution in [1.29, 1.82) is 0 Å². The van der Waals surface area contributed by atoms with Crippen molar-refractivity contribution in [2.45, 2.75) is 219 Å². The summed E-state index contributed by atoms with van der Waals surface area (Å²) in [4.78, 5) is 23.0. The lowest BCUT2D eigenvalue weighted by Gasteiger charge is -2.24. The highest BCUT2D eigenvalue weighted by atomic mass is 31.2. The van der Waals surface area contributed by atoms with Gasteiger partial charge < -0.3 is 18.9 Å². The molecule has 0 saturated heterocycles. The number of hydrogen-bond acceptors (Lipinski definition) is 6. The Kier molecular flexibility index (Phi) is 45.9. The van der Waals surface area contributed by atoms with E-state index in [9.17, 15) is 14.3 Å². The maximum Gasteiger partial charge on any atom is 0.472 e. The number of ether oxygens (including phenoxy) is 2. The van der Waals surface area contributed by atoms with Crippen LogP contribution in [0.3, 0.4) is 0 Å². The predicted molar refractivity (Wildman–Crippen MR) is 275 cm³/mol. The Balaban J connectivity index is 4.16. The molecule has 0 amide bonds. The van der Waals surface area contributed by atoms with Crippen molar-refractivity contribution in [3.8, 4) is 0 Å². The summed E-state index contributed by atoms with van der Waals surface area (Å²) in [6, 6.07) is 0. The fourth-order valence-corrected chi connectivity index (χ4v) is 7.73. The number of allylic oxidation sites excluding steroid dienone is 12. The molecule has 0 spiro atoms. The zero-order valence-corrected chi connectivity index (χ0v) is 43.1. The first kappa shape index (κ1) is 61.9. The van der Waals surface area contributed by atoms with Crippen LogP contribution in [0.5, 0.6) is 0 Å². The molecule has 9 heteroatoms. The second kappa shape index (κ2) is 47.4. The fraction of sp³-hybridized carbons (Fsp3) is 0.764. The zero-order chi connectivity index (χ0) is 46.9. The summed E-state index contributed by atoms with van der Waals surface area (Å²) in [5.41, 5.74) is 0. The number of unbranched alkanes of at least 4 members (excludes halogenated alkanes) is 22. The van der Waals surface area contributed by atoms with E-state index in [4.69, 9.17) is 18.5 Å². The summed E-state index contributed by atoms with van der Waals surface area (Å²) in [7, 11) is 1.65. The molecule has 0 saturated carbocycles. The molecule has 0 aromatic rings. The number of carbonyl (C=O) groups is 1. The van der Waals surface area contributed by atoms with E-state index in [-0.39, 0.29) is 25.8 Å². The molecule has 8 nitrogen and oxygen atoms in total. The minimum atomic E-state index is -4.29. The third-order valence-electron chi connectivity index (χ3n) is 11.0. The van der Waals surface area contributed by atoms with Gasteiger partial charge in [0.05, 0.1) is 34.4 Å². The van der Waals surface area contributed by atoms with Gasteiger partial charge in [-0.05, 0) is 83.5 Å². The molecule has 2 unspecified atom stereocenters. The number of hydrogen-bond donors (Lipinski definition) is 1. The van der Waals surface area contributed by atoms with Crippen LogP contribution in [0.4, 0.5) is 0 Å². The highest BCUT2D eigenvalue weighted by Crippen LogP contribution is 2.43. The molecule has 0 aromatic carbocycles. The number of likely N-dealkylation sites (N-methyl/N-ethyl adjacent to an activating group) is 1. The van der Waals surface area contributed by atoms with Crippen molar-refractivity contribution in [3.05, 3.63) is 72.9 Å². The van der Waals surface area contributed by atoms with E-state index in [1.54, 1.807) is 0 Å². The second-order valence-corrected chi connectivity index (χ2v) is 20.0. The highest BCUT2D eigenvalue weighted by Gasteiger charge is 2.26. The maximum absolute atomic E-state index is 12.8. The van der Waals surface area contributed by atoms with E-state index in [1.165, 1.54) is 122 Å². The summed E-state index contributed by atoms with van der Waals surface area (Å²) in [6.45, 7) is 5.49. The summed E-state index contributed by atoms with van der Waals surface area (Å²) >= 11 is 0. The molecule has 1 N–H and O–H groups in total. The summed E-state index contributed by atoms with van der Waals surface area (Å²) < 4.78 is 35.2. The molecule has 372 valence electrons. The standard InChI is InChI=1S/C55H100NO7P/c1-6-8-10-12-14-16-18-20-22-24-25-26-27-28-29-30-31-32-34-36-38-40-42-44-46-48-55(57)63-54(53-62-64(58,59)61-51-49-56(3,4)5)52-60-50-47-45-43-41-39-37-35-33-23-21-19-17-15-13-11-9-7-2/h8,10,14,16,20,22-23,25-26,28-29,33,54H,6-7,9,11-13,15,17-19,21,24,27,30-32,34-53H2,1-5H3/p+1/b10-8-,16-14-,22-20-,26-25-,29-28-,33-23-. The van der Waals surface area contributed by atoms with Crippen LogP contribution in [-0.2, 0) is 27.9 Å². The Morgan fingerprint density at radius 2 is 0.906 bits per heavy atom. The molecule has 64 heavy (non-hydrogen) atoms. The zero-order valence-electron chi connectivity index (χ0n) is 42.3. The minimum Gasteiger partial charge on any atom is -0.457 e. The second-order valence-electron chi connectivity index (χ2n) is 18.5. The van der Waals surface area contributed by atoms with Crippen LogP contribution >= 0.6 is 7.82 Å². The monoisotopic (exact) mass is 919 g/mol. The van der Waals surface area contributed by atoms with E-state index >= 15 is 0 Å². The van der Waals surface area contributed by atoms with E-state index in [0.29, 0.717) is 24.1 Å². The number of esters is 1. The Morgan fingerprint density at radius 1 is 0.500 bits per heavy atom. The SMILES string of the molecule is CC/C=C\C/C=C\C/C=C\C/C=C\C/C=C\CCCCCCCCCCCC(=O)OC(COCCCCCCCC/C=C\CCCCCCCCC)COP(=O)(O)OCC[N+](C)(C)C. The number of phosphoric ester groups is 1. The Morgan fingerprint density at radius 3 is 1.38 bits per heavy atom. The van der Waals surface area contributed by atoms with E-state index in [1.807, 2.05) is 21.1 Å². The molecule has 0 bridgehead atoms. The third kappa shape index (κ3) is 50.9. The van der Waals surface area contributed by atoms with Crippen molar-refractivity contribution < 1.29 is 37.3 Å². The van der Waals surface area contributed by atoms with Crippen molar-refractivity contribution in [2.75, 3.05) is 54.1 Å². The molecule has 0 aliphatic carbocycles.